The smallest absolute Gasteiger partial charge is 0.270 e. The number of carbonyl (C=O) groups is 2. The van der Waals surface area contributed by atoms with E-state index in [0.29, 0.717) is 12.5 Å². The lowest BCUT2D eigenvalue weighted by Gasteiger charge is -2.14. The molecule has 104 valence electrons. The Labute approximate surface area is 111 Å². The number of nitrogens with one attached hydrogen (secondary N) is 2. The van der Waals surface area contributed by atoms with Gasteiger partial charge in [-0.1, -0.05) is 19.9 Å². The van der Waals surface area contributed by atoms with Crippen molar-refractivity contribution in [2.45, 2.75) is 26.8 Å². The maximum atomic E-state index is 12.9. The van der Waals surface area contributed by atoms with Crippen LogP contribution < -0.4 is 10.6 Å². The quantitative estimate of drug-likeness (QED) is 0.785. The number of aromatic nitrogens is 1. The van der Waals surface area contributed by atoms with Gasteiger partial charge in [-0.3, -0.25) is 9.59 Å². The summed E-state index contributed by atoms with van der Waals surface area (Å²) in [5, 5.41) is 5.17. The molecule has 1 heterocycles. The zero-order chi connectivity index (χ0) is 14.4. The Hall–Kier alpha value is -1.98. The number of amides is 2. The van der Waals surface area contributed by atoms with Crippen LogP contribution in [0.3, 0.4) is 0 Å². The van der Waals surface area contributed by atoms with Crippen LogP contribution in [0.5, 0.6) is 0 Å². The SMILES string of the molecule is CC(C)CNC(=O)C(C)NC(=O)c1cccc(F)n1. The minimum Gasteiger partial charge on any atom is -0.354 e. The van der Waals surface area contributed by atoms with Crippen LogP contribution in [0.2, 0.25) is 0 Å². The second-order valence-electron chi connectivity index (χ2n) is 4.68. The summed E-state index contributed by atoms with van der Waals surface area (Å²) in [6.07, 6.45) is 0. The summed E-state index contributed by atoms with van der Waals surface area (Å²) in [7, 11) is 0. The number of carbonyl (C=O) groups excluding carboxylic acids is 2. The van der Waals surface area contributed by atoms with Crippen molar-refractivity contribution in [1.82, 2.24) is 15.6 Å². The maximum absolute atomic E-state index is 12.9. The van der Waals surface area contributed by atoms with E-state index < -0.39 is 17.9 Å². The normalized spacial score (nSPS) is 12.1. The molecule has 0 fully saturated rings. The topological polar surface area (TPSA) is 71.1 Å². The summed E-state index contributed by atoms with van der Waals surface area (Å²) in [4.78, 5) is 26.8. The number of pyridine rings is 1. The van der Waals surface area contributed by atoms with Gasteiger partial charge in [-0.25, -0.2) is 4.98 Å². The molecule has 1 unspecified atom stereocenters. The van der Waals surface area contributed by atoms with E-state index >= 15 is 0 Å². The molecule has 0 aliphatic rings. The largest absolute Gasteiger partial charge is 0.354 e. The van der Waals surface area contributed by atoms with Crippen molar-refractivity contribution < 1.29 is 14.0 Å². The van der Waals surface area contributed by atoms with E-state index in [2.05, 4.69) is 15.6 Å². The molecule has 0 spiro atoms. The zero-order valence-electron chi connectivity index (χ0n) is 11.2. The van der Waals surface area contributed by atoms with Crippen molar-refractivity contribution in [2.24, 2.45) is 5.92 Å². The lowest BCUT2D eigenvalue weighted by Crippen LogP contribution is -2.45. The third-order valence-electron chi connectivity index (χ3n) is 2.37. The van der Waals surface area contributed by atoms with E-state index in [1.54, 1.807) is 6.92 Å². The summed E-state index contributed by atoms with van der Waals surface area (Å²) in [6.45, 7) is 6.05. The van der Waals surface area contributed by atoms with E-state index in [1.165, 1.54) is 12.1 Å². The molecule has 0 aliphatic heterocycles. The molecule has 19 heavy (non-hydrogen) atoms. The second kappa shape index (κ2) is 6.82. The van der Waals surface area contributed by atoms with E-state index in [9.17, 15) is 14.0 Å². The van der Waals surface area contributed by atoms with Gasteiger partial charge < -0.3 is 10.6 Å². The van der Waals surface area contributed by atoms with Gasteiger partial charge in [0.1, 0.15) is 11.7 Å². The standard InChI is InChI=1S/C13H18FN3O2/c1-8(2)7-15-12(18)9(3)16-13(19)10-5-4-6-11(14)17-10/h4-6,8-9H,7H2,1-3H3,(H,15,18)(H,16,19). The fourth-order valence-corrected chi connectivity index (χ4v) is 1.33. The molecule has 6 heteroatoms. The molecule has 2 N–H and O–H groups in total. The second-order valence-corrected chi connectivity index (χ2v) is 4.68. The molecule has 1 aromatic heterocycles. The van der Waals surface area contributed by atoms with Gasteiger partial charge in [0, 0.05) is 6.54 Å². The van der Waals surface area contributed by atoms with Crippen LogP contribution in [0.1, 0.15) is 31.3 Å². The molecule has 0 saturated carbocycles. The van der Waals surface area contributed by atoms with Crippen molar-refractivity contribution in [3.63, 3.8) is 0 Å². The van der Waals surface area contributed by atoms with Crippen molar-refractivity contribution in [2.75, 3.05) is 6.54 Å². The zero-order valence-corrected chi connectivity index (χ0v) is 11.2. The Balaban J connectivity index is 2.54. The maximum Gasteiger partial charge on any atom is 0.270 e. The predicted octanol–water partition coefficient (Wildman–Crippen LogP) is 1.11. The van der Waals surface area contributed by atoms with Gasteiger partial charge >= 0.3 is 0 Å². The van der Waals surface area contributed by atoms with Crippen LogP contribution in [0, 0.1) is 11.9 Å². The molecular formula is C13H18FN3O2. The van der Waals surface area contributed by atoms with E-state index in [4.69, 9.17) is 0 Å². The van der Waals surface area contributed by atoms with Gasteiger partial charge in [0.25, 0.3) is 5.91 Å². The molecule has 1 atom stereocenters. The summed E-state index contributed by atoms with van der Waals surface area (Å²) < 4.78 is 12.9. The first-order valence-corrected chi connectivity index (χ1v) is 6.11. The average Bonchev–Trinajstić information content (AvgIpc) is 2.35. The Bertz CT molecular complexity index is 463. The lowest BCUT2D eigenvalue weighted by atomic mass is 10.2. The molecule has 0 saturated heterocycles. The number of hydrogen-bond donors (Lipinski definition) is 2. The fraction of sp³-hybridized carbons (Fsp3) is 0.462. The van der Waals surface area contributed by atoms with Gasteiger partial charge in [0.05, 0.1) is 0 Å². The highest BCUT2D eigenvalue weighted by Gasteiger charge is 2.17. The first-order valence-electron chi connectivity index (χ1n) is 6.11. The third-order valence-corrected chi connectivity index (χ3v) is 2.37. The highest BCUT2D eigenvalue weighted by atomic mass is 19.1. The minimum atomic E-state index is -0.732. The molecular weight excluding hydrogens is 249 g/mol. The summed E-state index contributed by atoms with van der Waals surface area (Å²) in [6, 6.07) is 3.23. The van der Waals surface area contributed by atoms with Crippen LogP contribution in [0.4, 0.5) is 4.39 Å². The van der Waals surface area contributed by atoms with Gasteiger partial charge in [0.2, 0.25) is 11.9 Å². The highest BCUT2D eigenvalue weighted by molar-refractivity contribution is 5.95. The number of halogens is 1. The Morgan fingerprint density at radius 2 is 2.00 bits per heavy atom. The first kappa shape index (κ1) is 15.1. The molecule has 0 aliphatic carbocycles. The van der Waals surface area contributed by atoms with Crippen molar-refractivity contribution >= 4 is 11.8 Å². The Kier molecular flexibility index (Phi) is 5.41. The van der Waals surface area contributed by atoms with Crippen molar-refractivity contribution in [3.05, 3.63) is 29.8 Å². The van der Waals surface area contributed by atoms with Crippen LogP contribution in [-0.2, 0) is 4.79 Å². The van der Waals surface area contributed by atoms with Crippen LogP contribution in [0.25, 0.3) is 0 Å². The van der Waals surface area contributed by atoms with Crippen LogP contribution in [-0.4, -0.2) is 29.4 Å². The Morgan fingerprint density at radius 1 is 1.32 bits per heavy atom. The predicted molar refractivity (Wildman–Crippen MR) is 69.0 cm³/mol. The molecule has 0 aromatic carbocycles. The lowest BCUT2D eigenvalue weighted by molar-refractivity contribution is -0.122. The molecule has 1 rings (SSSR count). The van der Waals surface area contributed by atoms with Gasteiger partial charge in [-0.2, -0.15) is 4.39 Å². The molecule has 0 bridgehead atoms. The highest BCUT2D eigenvalue weighted by Crippen LogP contribution is 1.98. The van der Waals surface area contributed by atoms with Gasteiger partial charge in [0.15, 0.2) is 0 Å². The molecule has 0 radical (unpaired) electrons. The fourth-order valence-electron chi connectivity index (χ4n) is 1.33. The first-order chi connectivity index (χ1) is 8.90. The van der Waals surface area contributed by atoms with E-state index in [0.717, 1.165) is 6.07 Å². The molecule has 5 nitrogen and oxygen atoms in total. The van der Waals surface area contributed by atoms with Crippen molar-refractivity contribution in [3.8, 4) is 0 Å². The monoisotopic (exact) mass is 267 g/mol. The van der Waals surface area contributed by atoms with Crippen molar-refractivity contribution in [1.29, 1.82) is 0 Å². The minimum absolute atomic E-state index is 0.0523. The van der Waals surface area contributed by atoms with Crippen LogP contribution in [0.15, 0.2) is 18.2 Å². The summed E-state index contributed by atoms with van der Waals surface area (Å²) in [5.74, 6) is -1.26. The average molecular weight is 267 g/mol. The third kappa shape index (κ3) is 5.03. The van der Waals surface area contributed by atoms with Gasteiger partial charge in [-0.05, 0) is 25.0 Å². The summed E-state index contributed by atoms with van der Waals surface area (Å²) >= 11 is 0. The Morgan fingerprint density at radius 3 is 2.58 bits per heavy atom. The summed E-state index contributed by atoms with van der Waals surface area (Å²) in [5.41, 5.74) is -0.0523. The number of nitrogens with zero attached hydrogens (tertiary/aromatic N) is 1. The van der Waals surface area contributed by atoms with E-state index in [-0.39, 0.29) is 11.6 Å². The van der Waals surface area contributed by atoms with E-state index in [1.807, 2.05) is 13.8 Å². The molecule has 1 aromatic rings. The molecule has 2 amide bonds. The number of rotatable bonds is 5. The number of hydrogen-bond acceptors (Lipinski definition) is 3. The van der Waals surface area contributed by atoms with Gasteiger partial charge in [-0.15, -0.1) is 0 Å². The van der Waals surface area contributed by atoms with Crippen LogP contribution >= 0.6 is 0 Å².